The monoisotopic (exact) mass is 451 g/mol. The molecule has 0 radical (unpaired) electrons. The molecular weight excluding hydrogens is 422 g/mol. The Hall–Kier alpha value is -3.00. The van der Waals surface area contributed by atoms with Gasteiger partial charge in [0.25, 0.3) is 0 Å². The number of nitrogens with zero attached hydrogens (tertiary/aromatic N) is 4. The lowest BCUT2D eigenvalue weighted by Gasteiger charge is -2.21. The summed E-state index contributed by atoms with van der Waals surface area (Å²) in [7, 11) is 0. The third-order valence-electron chi connectivity index (χ3n) is 5.65. The van der Waals surface area contributed by atoms with E-state index in [4.69, 9.17) is 0 Å². The second-order valence-corrected chi connectivity index (χ2v) is 8.94. The zero-order valence-corrected chi connectivity index (χ0v) is 19.0. The minimum atomic E-state index is -0.0511. The predicted octanol–water partition coefficient (Wildman–Crippen LogP) is 3.26. The summed E-state index contributed by atoms with van der Waals surface area (Å²) in [4.78, 5) is 38.9. The van der Waals surface area contributed by atoms with Crippen LogP contribution in [0, 0.1) is 0 Å². The Bertz CT molecular complexity index is 1010. The maximum atomic E-state index is 12.7. The summed E-state index contributed by atoms with van der Waals surface area (Å²) >= 11 is 1.59. The van der Waals surface area contributed by atoms with E-state index < -0.39 is 0 Å². The third kappa shape index (κ3) is 6.03. The number of fused-ring (bicyclic) bond motifs is 1. The lowest BCUT2D eigenvalue weighted by atomic mass is 10.1. The fourth-order valence-corrected chi connectivity index (χ4v) is 4.84. The number of thiazole rings is 1. The largest absolute Gasteiger partial charge is 0.356 e. The van der Waals surface area contributed by atoms with Crippen LogP contribution in [0.25, 0.3) is 10.3 Å². The first-order chi connectivity index (χ1) is 15.7. The molecule has 1 aromatic carbocycles. The van der Waals surface area contributed by atoms with Crippen LogP contribution in [0.4, 0.5) is 5.13 Å². The molecule has 0 saturated carbocycles. The smallest absolute Gasteiger partial charge is 0.223 e. The topological polar surface area (TPSA) is 78.4 Å². The fourth-order valence-electron chi connectivity index (χ4n) is 3.88. The van der Waals surface area contributed by atoms with Crippen molar-refractivity contribution in [3.8, 4) is 0 Å². The molecule has 2 aromatic heterocycles. The number of aromatic nitrogens is 2. The molecule has 7 nitrogen and oxygen atoms in total. The van der Waals surface area contributed by atoms with Crippen molar-refractivity contribution in [3.63, 3.8) is 0 Å². The number of nitrogens with one attached hydrogen (secondary N) is 1. The second-order valence-electron chi connectivity index (χ2n) is 7.98. The van der Waals surface area contributed by atoms with E-state index in [1.807, 2.05) is 35.2 Å². The van der Waals surface area contributed by atoms with Gasteiger partial charge in [0, 0.05) is 51.8 Å². The molecule has 0 spiro atoms. The number of amides is 2. The first-order valence-corrected chi connectivity index (χ1v) is 12.1. The van der Waals surface area contributed by atoms with Gasteiger partial charge in [-0.3, -0.25) is 9.59 Å². The summed E-state index contributed by atoms with van der Waals surface area (Å²) < 4.78 is 0. The Morgan fingerprint density at radius 2 is 1.88 bits per heavy atom. The maximum absolute atomic E-state index is 12.7. The van der Waals surface area contributed by atoms with Gasteiger partial charge < -0.3 is 15.1 Å². The van der Waals surface area contributed by atoms with Crippen LogP contribution < -0.4 is 10.2 Å². The Morgan fingerprint density at radius 3 is 2.72 bits per heavy atom. The van der Waals surface area contributed by atoms with Gasteiger partial charge in [-0.1, -0.05) is 41.7 Å². The Balaban J connectivity index is 1.17. The van der Waals surface area contributed by atoms with Gasteiger partial charge in [0.1, 0.15) is 10.3 Å². The highest BCUT2D eigenvalue weighted by Crippen LogP contribution is 2.27. The van der Waals surface area contributed by atoms with Gasteiger partial charge in [0.15, 0.2) is 5.13 Å². The van der Waals surface area contributed by atoms with Crippen molar-refractivity contribution in [3.05, 3.63) is 54.2 Å². The number of carbonyl (C=O) groups excluding carboxylic acids is 2. The van der Waals surface area contributed by atoms with Crippen LogP contribution in [0.3, 0.4) is 0 Å². The minimum absolute atomic E-state index is 0.0511. The first-order valence-electron chi connectivity index (χ1n) is 11.2. The van der Waals surface area contributed by atoms with E-state index in [1.165, 1.54) is 5.56 Å². The molecule has 2 amide bonds. The van der Waals surface area contributed by atoms with E-state index in [1.54, 1.807) is 17.5 Å². The zero-order valence-electron chi connectivity index (χ0n) is 18.2. The molecule has 168 valence electrons. The van der Waals surface area contributed by atoms with Crippen LogP contribution in [0.2, 0.25) is 0 Å². The van der Waals surface area contributed by atoms with Crippen LogP contribution in [0.1, 0.15) is 31.2 Å². The third-order valence-corrected chi connectivity index (χ3v) is 6.69. The first kappa shape index (κ1) is 22.2. The van der Waals surface area contributed by atoms with Gasteiger partial charge in [-0.15, -0.1) is 0 Å². The molecule has 32 heavy (non-hydrogen) atoms. The molecule has 3 heterocycles. The van der Waals surface area contributed by atoms with Crippen molar-refractivity contribution < 1.29 is 9.59 Å². The molecule has 0 aliphatic carbocycles. The number of hydrogen-bond acceptors (Lipinski definition) is 6. The molecule has 1 aliphatic heterocycles. The van der Waals surface area contributed by atoms with Crippen LogP contribution in [0.5, 0.6) is 0 Å². The number of hydrogen-bond donors (Lipinski definition) is 1. The second kappa shape index (κ2) is 11.0. The Labute approximate surface area is 192 Å². The summed E-state index contributed by atoms with van der Waals surface area (Å²) in [5.74, 6) is 0.00193. The number of carbonyl (C=O) groups is 2. The summed E-state index contributed by atoms with van der Waals surface area (Å²) in [6, 6.07) is 14.1. The molecule has 0 bridgehead atoms. The predicted molar refractivity (Wildman–Crippen MR) is 128 cm³/mol. The van der Waals surface area contributed by atoms with Crippen molar-refractivity contribution in [2.45, 2.75) is 32.1 Å². The van der Waals surface area contributed by atoms with Crippen molar-refractivity contribution in [2.75, 3.05) is 37.6 Å². The summed E-state index contributed by atoms with van der Waals surface area (Å²) in [6.45, 7) is 3.62. The van der Waals surface area contributed by atoms with Gasteiger partial charge in [-0.25, -0.2) is 9.97 Å². The standard InChI is InChI=1S/C24H29N5O2S/c30-21(25-13-4-9-19-7-2-1-3-8-19)11-12-22(31)28-15-6-16-29(18-17-28)24-27-20-10-5-14-26-23(20)32-24/h1-3,5,7-8,10,14H,4,6,9,11-13,15-18H2,(H,25,30). The summed E-state index contributed by atoms with van der Waals surface area (Å²) in [5.41, 5.74) is 2.19. The molecule has 0 unspecified atom stereocenters. The van der Waals surface area contributed by atoms with Crippen molar-refractivity contribution in [1.82, 2.24) is 20.2 Å². The molecule has 1 aliphatic rings. The fraction of sp³-hybridized carbons (Fsp3) is 0.417. The van der Waals surface area contributed by atoms with Crippen LogP contribution >= 0.6 is 11.3 Å². The minimum Gasteiger partial charge on any atom is -0.356 e. The number of anilines is 1. The van der Waals surface area contributed by atoms with E-state index in [9.17, 15) is 9.59 Å². The van der Waals surface area contributed by atoms with Crippen molar-refractivity contribution in [1.29, 1.82) is 0 Å². The molecule has 1 N–H and O–H groups in total. The summed E-state index contributed by atoms with van der Waals surface area (Å²) in [6.07, 6.45) is 5.01. The molecule has 0 atom stereocenters. The van der Waals surface area contributed by atoms with Gasteiger partial charge >= 0.3 is 0 Å². The van der Waals surface area contributed by atoms with E-state index in [2.05, 4.69) is 32.3 Å². The lowest BCUT2D eigenvalue weighted by molar-refractivity contribution is -0.133. The highest BCUT2D eigenvalue weighted by Gasteiger charge is 2.21. The van der Waals surface area contributed by atoms with Crippen molar-refractivity contribution >= 4 is 38.6 Å². The molecule has 3 aromatic rings. The molecule has 4 rings (SSSR count). The number of benzene rings is 1. The average molecular weight is 452 g/mol. The van der Waals surface area contributed by atoms with Gasteiger partial charge in [0.2, 0.25) is 11.8 Å². The van der Waals surface area contributed by atoms with E-state index >= 15 is 0 Å². The maximum Gasteiger partial charge on any atom is 0.223 e. The quantitative estimate of drug-likeness (QED) is 0.532. The SMILES string of the molecule is O=C(CCC(=O)N1CCCN(c2nc3cccnc3s2)CC1)NCCCc1ccccc1. The van der Waals surface area contributed by atoms with E-state index in [0.29, 0.717) is 13.1 Å². The van der Waals surface area contributed by atoms with Crippen LogP contribution in [-0.4, -0.2) is 59.4 Å². The van der Waals surface area contributed by atoms with Gasteiger partial charge in [-0.2, -0.15) is 0 Å². The van der Waals surface area contributed by atoms with Crippen LogP contribution in [-0.2, 0) is 16.0 Å². The van der Waals surface area contributed by atoms with Gasteiger partial charge in [0.05, 0.1) is 0 Å². The number of pyridine rings is 1. The lowest BCUT2D eigenvalue weighted by Crippen LogP contribution is -2.36. The highest BCUT2D eigenvalue weighted by molar-refractivity contribution is 7.21. The Kier molecular flexibility index (Phi) is 7.66. The highest BCUT2D eigenvalue weighted by atomic mass is 32.1. The average Bonchev–Trinajstić information content (AvgIpc) is 3.10. The zero-order chi connectivity index (χ0) is 22.2. The van der Waals surface area contributed by atoms with E-state index in [-0.39, 0.29) is 24.7 Å². The van der Waals surface area contributed by atoms with Gasteiger partial charge in [-0.05, 0) is 37.0 Å². The Morgan fingerprint density at radius 1 is 1.00 bits per heavy atom. The van der Waals surface area contributed by atoms with Crippen molar-refractivity contribution in [2.24, 2.45) is 0 Å². The normalized spacial score (nSPS) is 14.4. The number of rotatable bonds is 8. The van der Waals surface area contributed by atoms with Crippen LogP contribution in [0.15, 0.2) is 48.7 Å². The van der Waals surface area contributed by atoms with E-state index in [0.717, 1.165) is 54.4 Å². The molecule has 1 fully saturated rings. The molecular formula is C24H29N5O2S. The number of aryl methyl sites for hydroxylation is 1. The molecule has 1 saturated heterocycles. The summed E-state index contributed by atoms with van der Waals surface area (Å²) in [5, 5.41) is 3.90. The molecule has 8 heteroatoms.